The summed E-state index contributed by atoms with van der Waals surface area (Å²) in [6, 6.07) is 9.33. The van der Waals surface area contributed by atoms with E-state index in [1.54, 1.807) is 11.8 Å². The maximum absolute atomic E-state index is 5.76. The van der Waals surface area contributed by atoms with Crippen LogP contribution in [0.5, 0.6) is 0 Å². The van der Waals surface area contributed by atoms with E-state index in [9.17, 15) is 0 Å². The first-order chi connectivity index (χ1) is 8.28. The number of nitrogens with one attached hydrogen (secondary N) is 1. The van der Waals surface area contributed by atoms with E-state index in [2.05, 4.69) is 35.8 Å². The van der Waals surface area contributed by atoms with E-state index in [4.69, 9.17) is 5.73 Å². The summed E-state index contributed by atoms with van der Waals surface area (Å²) in [6.45, 7) is 2.21. The molecular weight excluding hydrogens is 228 g/mol. The lowest BCUT2D eigenvalue weighted by Crippen LogP contribution is -2.41. The predicted molar refractivity (Wildman–Crippen MR) is 75.5 cm³/mol. The molecule has 1 fully saturated rings. The van der Waals surface area contributed by atoms with E-state index in [-0.39, 0.29) is 0 Å². The molecule has 0 unspecified atom stereocenters. The maximum atomic E-state index is 5.76. The van der Waals surface area contributed by atoms with Crippen molar-refractivity contribution < 1.29 is 0 Å². The Kier molecular flexibility index (Phi) is 4.89. The highest BCUT2D eigenvalue weighted by molar-refractivity contribution is 7.98. The molecular formula is C14H22N2S. The molecule has 0 bridgehead atoms. The van der Waals surface area contributed by atoms with Crippen molar-refractivity contribution in [1.82, 2.24) is 5.32 Å². The Morgan fingerprint density at radius 1 is 1.29 bits per heavy atom. The minimum absolute atomic E-state index is 0.473. The van der Waals surface area contributed by atoms with Gasteiger partial charge in [0.05, 0.1) is 0 Å². The van der Waals surface area contributed by atoms with Crippen LogP contribution in [0.1, 0.15) is 18.4 Å². The average molecular weight is 250 g/mol. The number of thioether (sulfide) groups is 1. The topological polar surface area (TPSA) is 38.0 Å². The quantitative estimate of drug-likeness (QED) is 0.601. The van der Waals surface area contributed by atoms with Crippen molar-refractivity contribution in [3.05, 3.63) is 29.8 Å². The third kappa shape index (κ3) is 4.02. The number of benzene rings is 1. The molecule has 0 amide bonds. The van der Waals surface area contributed by atoms with Crippen molar-refractivity contribution in [2.24, 2.45) is 11.7 Å². The highest BCUT2D eigenvalue weighted by atomic mass is 32.2. The predicted octanol–water partition coefficient (Wildman–Crippen LogP) is 2.28. The summed E-state index contributed by atoms with van der Waals surface area (Å²) in [7, 11) is 0. The minimum Gasteiger partial charge on any atom is -0.328 e. The molecule has 1 aliphatic carbocycles. The van der Waals surface area contributed by atoms with Crippen molar-refractivity contribution in [1.29, 1.82) is 0 Å². The minimum atomic E-state index is 0.473. The Labute approximate surface area is 108 Å². The molecule has 2 rings (SSSR count). The molecule has 0 aromatic heterocycles. The van der Waals surface area contributed by atoms with Gasteiger partial charge in [-0.3, -0.25) is 0 Å². The van der Waals surface area contributed by atoms with Crippen molar-refractivity contribution in [3.8, 4) is 0 Å². The summed E-state index contributed by atoms with van der Waals surface area (Å²) in [5.74, 6) is 0.823. The van der Waals surface area contributed by atoms with E-state index < -0.39 is 0 Å². The monoisotopic (exact) mass is 250 g/mol. The summed E-state index contributed by atoms with van der Waals surface area (Å²) in [5, 5.41) is 3.52. The van der Waals surface area contributed by atoms with Crippen molar-refractivity contribution in [3.63, 3.8) is 0 Å². The van der Waals surface area contributed by atoms with Gasteiger partial charge in [-0.15, -0.1) is 11.8 Å². The van der Waals surface area contributed by atoms with Crippen LogP contribution in [0.15, 0.2) is 29.2 Å². The molecule has 1 aliphatic rings. The Morgan fingerprint density at radius 2 is 2.00 bits per heavy atom. The van der Waals surface area contributed by atoms with Crippen LogP contribution in [0.2, 0.25) is 0 Å². The third-order valence-electron chi connectivity index (χ3n) is 3.45. The molecule has 1 saturated carbocycles. The second-order valence-corrected chi connectivity index (χ2v) is 5.78. The molecule has 94 valence electrons. The van der Waals surface area contributed by atoms with Gasteiger partial charge in [-0.2, -0.15) is 0 Å². The van der Waals surface area contributed by atoms with Gasteiger partial charge in [-0.1, -0.05) is 12.1 Å². The van der Waals surface area contributed by atoms with E-state index in [0.29, 0.717) is 6.04 Å². The standard InChI is InChI=1S/C14H22N2S/c1-17-14-4-2-11(3-5-14)6-7-16-10-12-8-13(15)9-12/h2-5,12-13,16H,6-10,15H2,1H3. The SMILES string of the molecule is CSc1ccc(CCNCC2CC(N)C2)cc1. The van der Waals surface area contributed by atoms with Crippen molar-refractivity contribution >= 4 is 11.8 Å². The molecule has 0 atom stereocenters. The zero-order valence-electron chi connectivity index (χ0n) is 10.5. The Bertz CT molecular complexity index is 331. The molecule has 0 heterocycles. The van der Waals surface area contributed by atoms with Gasteiger partial charge in [0, 0.05) is 10.9 Å². The zero-order chi connectivity index (χ0) is 12.1. The summed E-state index contributed by atoms with van der Waals surface area (Å²) in [5.41, 5.74) is 7.18. The molecule has 0 spiro atoms. The Hall–Kier alpha value is -0.510. The van der Waals surface area contributed by atoms with E-state index in [0.717, 1.165) is 25.4 Å². The average Bonchev–Trinajstić information content (AvgIpc) is 2.32. The van der Waals surface area contributed by atoms with Gasteiger partial charge in [0.25, 0.3) is 0 Å². The molecule has 0 radical (unpaired) electrons. The highest BCUT2D eigenvalue weighted by Gasteiger charge is 2.24. The fourth-order valence-corrected chi connectivity index (χ4v) is 2.69. The van der Waals surface area contributed by atoms with Crippen LogP contribution < -0.4 is 11.1 Å². The summed E-state index contributed by atoms with van der Waals surface area (Å²) in [6.07, 6.45) is 5.64. The fraction of sp³-hybridized carbons (Fsp3) is 0.571. The lowest BCUT2D eigenvalue weighted by molar-refractivity contribution is 0.257. The number of rotatable bonds is 6. The first-order valence-corrected chi connectivity index (χ1v) is 7.59. The van der Waals surface area contributed by atoms with Crippen LogP contribution in [0, 0.1) is 5.92 Å². The largest absolute Gasteiger partial charge is 0.328 e. The molecule has 1 aromatic carbocycles. The summed E-state index contributed by atoms with van der Waals surface area (Å²) >= 11 is 1.79. The van der Waals surface area contributed by atoms with Gasteiger partial charge in [-0.25, -0.2) is 0 Å². The summed E-state index contributed by atoms with van der Waals surface area (Å²) < 4.78 is 0. The first-order valence-electron chi connectivity index (χ1n) is 6.37. The van der Waals surface area contributed by atoms with Crippen LogP contribution in [0.3, 0.4) is 0 Å². The number of hydrogen-bond acceptors (Lipinski definition) is 3. The van der Waals surface area contributed by atoms with E-state index in [1.165, 1.54) is 23.3 Å². The van der Waals surface area contributed by atoms with Crippen LogP contribution >= 0.6 is 11.8 Å². The number of hydrogen-bond donors (Lipinski definition) is 2. The molecule has 3 N–H and O–H groups in total. The highest BCUT2D eigenvalue weighted by Crippen LogP contribution is 2.24. The third-order valence-corrected chi connectivity index (χ3v) is 4.20. The summed E-state index contributed by atoms with van der Waals surface area (Å²) in [4.78, 5) is 1.34. The Morgan fingerprint density at radius 3 is 2.59 bits per heavy atom. The molecule has 2 nitrogen and oxygen atoms in total. The van der Waals surface area contributed by atoms with Gasteiger partial charge >= 0.3 is 0 Å². The fourth-order valence-electron chi connectivity index (χ4n) is 2.29. The van der Waals surface area contributed by atoms with Gasteiger partial charge in [0.15, 0.2) is 0 Å². The molecule has 1 aromatic rings. The second kappa shape index (κ2) is 6.43. The second-order valence-electron chi connectivity index (χ2n) is 4.90. The van der Waals surface area contributed by atoms with E-state index >= 15 is 0 Å². The lowest BCUT2D eigenvalue weighted by Gasteiger charge is -2.32. The van der Waals surface area contributed by atoms with Gasteiger partial charge in [0.1, 0.15) is 0 Å². The first kappa shape index (κ1) is 12.9. The smallest absolute Gasteiger partial charge is 0.00693 e. The van der Waals surface area contributed by atoms with Crippen LogP contribution in [0.25, 0.3) is 0 Å². The number of nitrogens with two attached hydrogens (primary N) is 1. The van der Waals surface area contributed by atoms with Gasteiger partial charge in [-0.05, 0) is 62.2 Å². The van der Waals surface area contributed by atoms with E-state index in [1.807, 2.05) is 0 Å². The van der Waals surface area contributed by atoms with Crippen LogP contribution in [-0.4, -0.2) is 25.4 Å². The molecule has 0 aliphatic heterocycles. The Balaban J connectivity index is 1.61. The normalized spacial score (nSPS) is 23.4. The lowest BCUT2D eigenvalue weighted by atomic mass is 9.81. The van der Waals surface area contributed by atoms with Crippen LogP contribution in [-0.2, 0) is 6.42 Å². The zero-order valence-corrected chi connectivity index (χ0v) is 11.3. The van der Waals surface area contributed by atoms with Gasteiger partial charge < -0.3 is 11.1 Å². The van der Waals surface area contributed by atoms with Crippen molar-refractivity contribution in [2.75, 3.05) is 19.3 Å². The maximum Gasteiger partial charge on any atom is 0.00693 e. The molecule has 17 heavy (non-hydrogen) atoms. The van der Waals surface area contributed by atoms with Gasteiger partial charge in [0.2, 0.25) is 0 Å². The molecule has 0 saturated heterocycles. The van der Waals surface area contributed by atoms with Crippen LogP contribution in [0.4, 0.5) is 0 Å². The molecule has 3 heteroatoms. The van der Waals surface area contributed by atoms with Crippen molar-refractivity contribution in [2.45, 2.75) is 30.2 Å².